The first kappa shape index (κ1) is 18.0. The number of nitrogens with zero attached hydrogens (tertiary/aromatic N) is 1. The molecular weight excluding hydrogens is 284 g/mol. The van der Waals surface area contributed by atoms with Gasteiger partial charge in [-0.15, -0.1) is 0 Å². The molecule has 1 aromatic carbocycles. The number of benzene rings is 1. The minimum absolute atomic E-state index is 0.0831. The van der Waals surface area contributed by atoms with E-state index in [-0.39, 0.29) is 23.2 Å². The zero-order valence-electron chi connectivity index (χ0n) is 13.7. The molecule has 0 radical (unpaired) electrons. The van der Waals surface area contributed by atoms with E-state index in [0.717, 1.165) is 5.56 Å². The molecule has 0 aliphatic heterocycles. The van der Waals surface area contributed by atoms with Crippen LogP contribution in [-0.2, 0) is 4.79 Å². The molecule has 0 aliphatic rings. The highest BCUT2D eigenvalue weighted by Gasteiger charge is 2.29. The molecule has 1 amide bonds. The molecule has 1 aromatic rings. The van der Waals surface area contributed by atoms with Crippen LogP contribution < -0.4 is 5.73 Å². The summed E-state index contributed by atoms with van der Waals surface area (Å²) in [7, 11) is 1.85. The normalized spacial score (nSPS) is 13.3. The number of halogens is 1. The molecule has 0 aliphatic carbocycles. The van der Waals surface area contributed by atoms with Gasteiger partial charge in [0.05, 0.1) is 5.92 Å². The van der Waals surface area contributed by atoms with Crippen LogP contribution in [0.15, 0.2) is 24.3 Å². The minimum atomic E-state index is -0.178. The smallest absolute Gasteiger partial charge is 0.230 e. The summed E-state index contributed by atoms with van der Waals surface area (Å²) in [5.74, 6) is 0.149. The second-order valence-electron chi connectivity index (χ2n) is 6.84. The Morgan fingerprint density at radius 3 is 2.48 bits per heavy atom. The van der Waals surface area contributed by atoms with Crippen molar-refractivity contribution in [1.82, 2.24) is 4.90 Å². The zero-order valence-corrected chi connectivity index (χ0v) is 14.4. The van der Waals surface area contributed by atoms with Crippen LogP contribution in [0, 0.1) is 11.3 Å². The highest BCUT2D eigenvalue weighted by Crippen LogP contribution is 2.29. The highest BCUT2D eigenvalue weighted by atomic mass is 35.5. The Bertz CT molecular complexity index is 485. The van der Waals surface area contributed by atoms with E-state index in [1.54, 1.807) is 4.90 Å². The van der Waals surface area contributed by atoms with Crippen molar-refractivity contribution in [2.24, 2.45) is 17.1 Å². The van der Waals surface area contributed by atoms with Crippen LogP contribution in [0.5, 0.6) is 0 Å². The predicted octanol–water partition coefficient (Wildman–Crippen LogP) is 3.52. The molecule has 1 rings (SSSR count). The van der Waals surface area contributed by atoms with Crippen LogP contribution in [0.4, 0.5) is 0 Å². The molecule has 3 nitrogen and oxygen atoms in total. The summed E-state index contributed by atoms with van der Waals surface area (Å²) in [6.45, 7) is 9.46. The van der Waals surface area contributed by atoms with E-state index in [0.29, 0.717) is 18.1 Å². The molecule has 0 heterocycles. The second kappa shape index (κ2) is 7.28. The van der Waals surface area contributed by atoms with E-state index in [2.05, 4.69) is 27.7 Å². The summed E-state index contributed by atoms with van der Waals surface area (Å²) >= 11 is 6.07. The maximum atomic E-state index is 12.8. The predicted molar refractivity (Wildman–Crippen MR) is 89.5 cm³/mol. The Labute approximate surface area is 133 Å². The van der Waals surface area contributed by atoms with Crippen molar-refractivity contribution in [2.45, 2.75) is 33.6 Å². The topological polar surface area (TPSA) is 46.3 Å². The molecule has 0 saturated heterocycles. The summed E-state index contributed by atoms with van der Waals surface area (Å²) in [6.07, 6.45) is 0. The molecule has 0 bridgehead atoms. The first-order chi connectivity index (χ1) is 9.68. The monoisotopic (exact) mass is 310 g/mol. The standard InChI is InChI=1S/C17H27ClN2O/c1-12(2)15(13-7-6-8-14(18)9-13)16(21)20(5)11-17(3,4)10-19/h6-9,12,15H,10-11,19H2,1-5H3. The molecule has 0 aromatic heterocycles. The lowest BCUT2D eigenvalue weighted by Gasteiger charge is -2.32. The van der Waals surface area contributed by atoms with Crippen molar-refractivity contribution in [2.75, 3.05) is 20.1 Å². The van der Waals surface area contributed by atoms with E-state index < -0.39 is 0 Å². The summed E-state index contributed by atoms with van der Waals surface area (Å²) in [6, 6.07) is 7.57. The fourth-order valence-electron chi connectivity index (χ4n) is 2.53. The largest absolute Gasteiger partial charge is 0.345 e. The number of hydrogen-bond donors (Lipinski definition) is 1. The van der Waals surface area contributed by atoms with Gasteiger partial charge in [-0.05, 0) is 35.6 Å². The summed E-state index contributed by atoms with van der Waals surface area (Å²) in [5.41, 5.74) is 6.66. The van der Waals surface area contributed by atoms with Crippen LogP contribution in [-0.4, -0.2) is 30.9 Å². The van der Waals surface area contributed by atoms with Gasteiger partial charge in [-0.1, -0.05) is 51.4 Å². The number of carbonyl (C=O) groups is 1. The Morgan fingerprint density at radius 2 is 2.00 bits per heavy atom. The molecular formula is C17H27ClN2O. The molecule has 118 valence electrons. The van der Waals surface area contributed by atoms with Gasteiger partial charge in [0.2, 0.25) is 5.91 Å². The van der Waals surface area contributed by atoms with E-state index in [9.17, 15) is 4.79 Å². The Hall–Kier alpha value is -1.06. The van der Waals surface area contributed by atoms with Gasteiger partial charge in [-0.25, -0.2) is 0 Å². The SMILES string of the molecule is CC(C)C(C(=O)N(C)CC(C)(C)CN)c1cccc(Cl)c1. The van der Waals surface area contributed by atoms with E-state index in [1.165, 1.54) is 0 Å². The lowest BCUT2D eigenvalue weighted by Crippen LogP contribution is -2.42. The Kier molecular flexibility index (Phi) is 6.24. The molecule has 0 saturated carbocycles. The van der Waals surface area contributed by atoms with Gasteiger partial charge >= 0.3 is 0 Å². The lowest BCUT2D eigenvalue weighted by molar-refractivity contribution is -0.133. The summed E-state index contributed by atoms with van der Waals surface area (Å²) < 4.78 is 0. The lowest BCUT2D eigenvalue weighted by atomic mass is 9.86. The number of likely N-dealkylation sites (N-methyl/N-ethyl adjacent to an activating group) is 1. The maximum absolute atomic E-state index is 12.8. The molecule has 0 spiro atoms. The highest BCUT2D eigenvalue weighted by molar-refractivity contribution is 6.30. The van der Waals surface area contributed by atoms with Gasteiger partial charge in [0.1, 0.15) is 0 Å². The molecule has 1 atom stereocenters. The molecule has 0 fully saturated rings. The Balaban J connectivity index is 2.98. The van der Waals surface area contributed by atoms with Crippen LogP contribution in [0.1, 0.15) is 39.2 Å². The summed E-state index contributed by atoms with van der Waals surface area (Å²) in [4.78, 5) is 14.6. The third-order valence-electron chi connectivity index (χ3n) is 3.73. The van der Waals surface area contributed by atoms with Gasteiger partial charge in [-0.2, -0.15) is 0 Å². The van der Waals surface area contributed by atoms with Crippen molar-refractivity contribution < 1.29 is 4.79 Å². The summed E-state index contributed by atoms with van der Waals surface area (Å²) in [5, 5.41) is 0.663. The minimum Gasteiger partial charge on any atom is -0.345 e. The molecule has 1 unspecified atom stereocenters. The van der Waals surface area contributed by atoms with Crippen LogP contribution >= 0.6 is 11.6 Å². The number of nitrogens with two attached hydrogens (primary N) is 1. The fraction of sp³-hybridized carbons (Fsp3) is 0.588. The van der Waals surface area contributed by atoms with Crippen LogP contribution in [0.3, 0.4) is 0 Å². The Morgan fingerprint density at radius 1 is 1.38 bits per heavy atom. The van der Waals surface area contributed by atoms with Crippen molar-refractivity contribution >= 4 is 17.5 Å². The first-order valence-electron chi connectivity index (χ1n) is 7.38. The maximum Gasteiger partial charge on any atom is 0.230 e. The second-order valence-corrected chi connectivity index (χ2v) is 7.28. The zero-order chi connectivity index (χ0) is 16.2. The van der Waals surface area contributed by atoms with Gasteiger partial charge in [-0.3, -0.25) is 4.79 Å². The van der Waals surface area contributed by atoms with Crippen LogP contribution in [0.2, 0.25) is 5.02 Å². The third-order valence-corrected chi connectivity index (χ3v) is 3.97. The number of amides is 1. The molecule has 4 heteroatoms. The van der Waals surface area contributed by atoms with E-state index >= 15 is 0 Å². The third kappa shape index (κ3) is 5.01. The number of rotatable bonds is 6. The van der Waals surface area contributed by atoms with Gasteiger partial charge < -0.3 is 10.6 Å². The van der Waals surface area contributed by atoms with Gasteiger partial charge in [0.15, 0.2) is 0 Å². The van der Waals surface area contributed by atoms with Gasteiger partial charge in [0.25, 0.3) is 0 Å². The van der Waals surface area contributed by atoms with Crippen molar-refractivity contribution in [1.29, 1.82) is 0 Å². The number of hydrogen-bond acceptors (Lipinski definition) is 2. The van der Waals surface area contributed by atoms with Crippen LogP contribution in [0.25, 0.3) is 0 Å². The quantitative estimate of drug-likeness (QED) is 0.874. The van der Waals surface area contributed by atoms with Crippen molar-refractivity contribution in [3.05, 3.63) is 34.9 Å². The average Bonchev–Trinajstić information content (AvgIpc) is 2.38. The molecule has 21 heavy (non-hydrogen) atoms. The van der Waals surface area contributed by atoms with E-state index in [4.69, 9.17) is 17.3 Å². The average molecular weight is 311 g/mol. The van der Waals surface area contributed by atoms with Crippen molar-refractivity contribution in [3.63, 3.8) is 0 Å². The first-order valence-corrected chi connectivity index (χ1v) is 7.76. The van der Waals surface area contributed by atoms with Crippen molar-refractivity contribution in [3.8, 4) is 0 Å². The van der Waals surface area contributed by atoms with E-state index in [1.807, 2.05) is 31.3 Å². The number of carbonyl (C=O) groups excluding carboxylic acids is 1. The fourth-order valence-corrected chi connectivity index (χ4v) is 2.73. The van der Waals surface area contributed by atoms with Gasteiger partial charge in [0, 0.05) is 18.6 Å². The molecule has 2 N–H and O–H groups in total.